The Morgan fingerprint density at radius 3 is 2.39 bits per heavy atom. The number of hydrogen-bond acceptors (Lipinski definition) is 4. The number of ether oxygens (including phenoxy) is 2. The molecule has 0 fully saturated rings. The van der Waals surface area contributed by atoms with Gasteiger partial charge in [-0.05, 0) is 35.9 Å². The van der Waals surface area contributed by atoms with E-state index in [0.717, 1.165) is 11.1 Å². The molecule has 0 saturated heterocycles. The lowest BCUT2D eigenvalue weighted by atomic mass is 10.1. The molecular weight excluding hydrogens is 439 g/mol. The van der Waals surface area contributed by atoms with E-state index in [2.05, 4.69) is 5.32 Å². The minimum Gasteiger partial charge on any atom is -0.495 e. The molecule has 0 aliphatic carbocycles. The fraction of sp³-hybridized carbons (Fsp3) is 0.0870. The number of methoxy groups -OCH3 is 2. The third-order valence-corrected chi connectivity index (χ3v) is 5.97. The van der Waals surface area contributed by atoms with Crippen molar-refractivity contribution in [3.63, 3.8) is 0 Å². The van der Waals surface area contributed by atoms with Gasteiger partial charge in [0.1, 0.15) is 22.2 Å². The van der Waals surface area contributed by atoms with Crippen LogP contribution in [-0.4, -0.2) is 24.7 Å². The third kappa shape index (κ3) is 4.15. The Bertz CT molecular complexity index is 1220. The van der Waals surface area contributed by atoms with Gasteiger partial charge >= 0.3 is 0 Å². The first-order valence-corrected chi connectivity index (χ1v) is 10.5. The number of nitrogens with zero attached hydrogens (tertiary/aromatic N) is 1. The number of benzene rings is 2. The van der Waals surface area contributed by atoms with Crippen molar-refractivity contribution in [1.29, 1.82) is 0 Å². The highest BCUT2D eigenvalue weighted by molar-refractivity contribution is 7.13. The van der Waals surface area contributed by atoms with Gasteiger partial charge in [-0.2, -0.15) is 0 Å². The van der Waals surface area contributed by atoms with Crippen LogP contribution in [0.4, 0.5) is 10.1 Å². The number of hydrogen-bond donors (Lipinski definition) is 1. The van der Waals surface area contributed by atoms with Crippen LogP contribution in [0.5, 0.6) is 11.5 Å². The van der Waals surface area contributed by atoms with E-state index in [0.29, 0.717) is 32.8 Å². The van der Waals surface area contributed by atoms with E-state index in [1.54, 1.807) is 24.3 Å². The van der Waals surface area contributed by atoms with Crippen molar-refractivity contribution in [3.8, 4) is 28.3 Å². The molecule has 0 spiro atoms. The molecule has 0 atom stereocenters. The van der Waals surface area contributed by atoms with Crippen LogP contribution < -0.4 is 14.8 Å². The van der Waals surface area contributed by atoms with Gasteiger partial charge in [-0.3, -0.25) is 4.79 Å². The first kappa shape index (κ1) is 21.0. The van der Waals surface area contributed by atoms with Crippen molar-refractivity contribution in [2.75, 3.05) is 19.5 Å². The lowest BCUT2D eigenvalue weighted by Gasteiger charge is -2.14. The number of thiophene rings is 1. The van der Waals surface area contributed by atoms with Crippen LogP contribution in [0.2, 0.25) is 5.02 Å². The van der Waals surface area contributed by atoms with E-state index in [-0.39, 0.29) is 11.7 Å². The van der Waals surface area contributed by atoms with Crippen molar-refractivity contribution >= 4 is 34.5 Å². The van der Waals surface area contributed by atoms with E-state index in [4.69, 9.17) is 21.1 Å². The number of rotatable bonds is 6. The minimum atomic E-state index is -0.318. The average Bonchev–Trinajstić information content (AvgIpc) is 3.44. The predicted molar refractivity (Wildman–Crippen MR) is 122 cm³/mol. The van der Waals surface area contributed by atoms with Gasteiger partial charge in [-0.25, -0.2) is 4.39 Å². The summed E-state index contributed by atoms with van der Waals surface area (Å²) in [5, 5.41) is 5.11. The van der Waals surface area contributed by atoms with Gasteiger partial charge < -0.3 is 19.4 Å². The molecule has 158 valence electrons. The quantitative estimate of drug-likeness (QED) is 0.372. The smallest absolute Gasteiger partial charge is 0.268 e. The van der Waals surface area contributed by atoms with E-state index >= 15 is 0 Å². The normalized spacial score (nSPS) is 10.7. The Hall–Kier alpha value is -3.29. The van der Waals surface area contributed by atoms with Crippen molar-refractivity contribution < 1.29 is 18.7 Å². The molecular formula is C23H18ClFN2O3S. The van der Waals surface area contributed by atoms with Crippen LogP contribution in [0.3, 0.4) is 0 Å². The van der Waals surface area contributed by atoms with Crippen molar-refractivity contribution in [2.45, 2.75) is 0 Å². The zero-order valence-corrected chi connectivity index (χ0v) is 18.3. The first-order chi connectivity index (χ1) is 15.0. The summed E-state index contributed by atoms with van der Waals surface area (Å²) in [6.07, 6.45) is 3.72. The summed E-state index contributed by atoms with van der Waals surface area (Å²) in [5.41, 5.74) is 2.77. The van der Waals surface area contributed by atoms with E-state index in [1.807, 2.05) is 34.5 Å². The second-order valence-electron chi connectivity index (χ2n) is 6.57. The van der Waals surface area contributed by atoms with Gasteiger partial charge in [0.2, 0.25) is 0 Å². The zero-order chi connectivity index (χ0) is 22.0. The van der Waals surface area contributed by atoms with E-state index in [1.165, 1.54) is 37.7 Å². The number of anilines is 1. The summed E-state index contributed by atoms with van der Waals surface area (Å²) in [7, 11) is 3.01. The summed E-state index contributed by atoms with van der Waals surface area (Å²) in [6, 6.07) is 13.1. The highest BCUT2D eigenvalue weighted by atomic mass is 35.5. The molecule has 5 nitrogen and oxygen atoms in total. The van der Waals surface area contributed by atoms with Crippen LogP contribution in [0, 0.1) is 5.82 Å². The number of aromatic nitrogens is 1. The average molecular weight is 457 g/mol. The lowest BCUT2D eigenvalue weighted by molar-refractivity contribution is 0.103. The first-order valence-electron chi connectivity index (χ1n) is 9.25. The number of nitrogens with one attached hydrogen (secondary N) is 1. The summed E-state index contributed by atoms with van der Waals surface area (Å²) in [4.78, 5) is 13.7. The molecule has 2 aromatic carbocycles. The topological polar surface area (TPSA) is 52.5 Å². The van der Waals surface area contributed by atoms with Crippen LogP contribution >= 0.6 is 22.9 Å². The fourth-order valence-electron chi connectivity index (χ4n) is 3.22. The molecule has 0 saturated carbocycles. The molecule has 0 radical (unpaired) electrons. The predicted octanol–water partition coefficient (Wildman–Crippen LogP) is 6.27. The molecule has 4 aromatic rings. The van der Waals surface area contributed by atoms with Gasteiger partial charge in [-0.15, -0.1) is 11.3 Å². The molecule has 0 aliphatic rings. The Morgan fingerprint density at radius 1 is 1.06 bits per heavy atom. The second kappa shape index (κ2) is 8.83. The highest BCUT2D eigenvalue weighted by Gasteiger charge is 2.22. The summed E-state index contributed by atoms with van der Waals surface area (Å²) >= 11 is 7.53. The lowest BCUT2D eigenvalue weighted by Crippen LogP contribution is -2.13. The Kier molecular flexibility index (Phi) is 5.97. The van der Waals surface area contributed by atoms with Crippen molar-refractivity contribution in [3.05, 3.63) is 82.0 Å². The molecule has 0 unspecified atom stereocenters. The molecule has 1 N–H and O–H groups in total. The number of carbonyl (C=O) groups excluding carboxylic acids is 1. The SMILES string of the molecule is COc1cc(OC)c(NC(=O)c2scc(-c3ccc(F)cc3)c2-n2cccc2)cc1Cl. The largest absolute Gasteiger partial charge is 0.495 e. The van der Waals surface area contributed by atoms with E-state index < -0.39 is 0 Å². The van der Waals surface area contributed by atoms with Crippen molar-refractivity contribution in [2.24, 2.45) is 0 Å². The molecule has 4 rings (SSSR count). The second-order valence-corrected chi connectivity index (χ2v) is 7.85. The van der Waals surface area contributed by atoms with Gasteiger partial charge in [0.15, 0.2) is 0 Å². The fourth-order valence-corrected chi connectivity index (χ4v) is 4.43. The number of halogens is 2. The van der Waals surface area contributed by atoms with Crippen LogP contribution in [0.15, 0.2) is 66.3 Å². The van der Waals surface area contributed by atoms with E-state index in [9.17, 15) is 9.18 Å². The van der Waals surface area contributed by atoms with Crippen LogP contribution in [0.25, 0.3) is 16.8 Å². The molecule has 0 bridgehead atoms. The minimum absolute atomic E-state index is 0.317. The molecule has 1 amide bonds. The molecule has 2 aromatic heterocycles. The summed E-state index contributed by atoms with van der Waals surface area (Å²) in [5.74, 6) is 0.233. The Morgan fingerprint density at radius 2 is 1.74 bits per heavy atom. The van der Waals surface area contributed by atoms with Gasteiger partial charge in [0.25, 0.3) is 5.91 Å². The maximum absolute atomic E-state index is 13.4. The molecule has 8 heteroatoms. The standard InChI is InChI=1S/C23H18ClFN2O3S/c1-29-19-12-20(30-2)18(11-17(19)24)26-23(28)22-21(27-9-3-4-10-27)16(13-31-22)14-5-7-15(25)8-6-14/h3-13H,1-2H3,(H,26,28). The molecule has 31 heavy (non-hydrogen) atoms. The Balaban J connectivity index is 1.76. The Labute approximate surface area is 187 Å². The van der Waals surface area contributed by atoms with Crippen molar-refractivity contribution in [1.82, 2.24) is 4.57 Å². The summed E-state index contributed by atoms with van der Waals surface area (Å²) < 4.78 is 25.9. The monoisotopic (exact) mass is 456 g/mol. The highest BCUT2D eigenvalue weighted by Crippen LogP contribution is 2.38. The maximum Gasteiger partial charge on any atom is 0.268 e. The number of amides is 1. The van der Waals surface area contributed by atoms with Crippen LogP contribution in [-0.2, 0) is 0 Å². The van der Waals surface area contributed by atoms with Gasteiger partial charge in [0.05, 0.1) is 30.6 Å². The van der Waals surface area contributed by atoms with Crippen LogP contribution in [0.1, 0.15) is 9.67 Å². The maximum atomic E-state index is 13.4. The summed E-state index contributed by atoms with van der Waals surface area (Å²) in [6.45, 7) is 0. The number of carbonyl (C=O) groups is 1. The van der Waals surface area contributed by atoms with Gasteiger partial charge in [-0.1, -0.05) is 23.7 Å². The third-order valence-electron chi connectivity index (χ3n) is 4.71. The molecule has 0 aliphatic heterocycles. The van der Waals surface area contributed by atoms with Gasteiger partial charge in [0, 0.05) is 29.4 Å². The zero-order valence-electron chi connectivity index (χ0n) is 16.7. The molecule has 2 heterocycles.